The average Bonchev–Trinajstić information content (AvgIpc) is 2.46. The molecule has 0 bridgehead atoms. The predicted octanol–water partition coefficient (Wildman–Crippen LogP) is 4.98. The van der Waals surface area contributed by atoms with Crippen molar-refractivity contribution in [1.82, 2.24) is 0 Å². The van der Waals surface area contributed by atoms with E-state index in [4.69, 9.17) is 0 Å². The summed E-state index contributed by atoms with van der Waals surface area (Å²) in [6, 6.07) is 15.6. The summed E-state index contributed by atoms with van der Waals surface area (Å²) in [5, 5.41) is 3.34. The van der Waals surface area contributed by atoms with E-state index in [0.29, 0.717) is 11.8 Å². The lowest BCUT2D eigenvalue weighted by molar-refractivity contribution is 0.256. The number of nitrogens with one attached hydrogen (secondary N) is 1. The van der Waals surface area contributed by atoms with E-state index in [1.165, 1.54) is 0 Å². The van der Waals surface area contributed by atoms with Crippen LogP contribution in [-0.2, 0) is 0 Å². The Bertz CT molecular complexity index is 677. The molecular formula is C16H15BrN2OS. The van der Waals surface area contributed by atoms with Crippen LogP contribution in [0, 0.1) is 0 Å². The van der Waals surface area contributed by atoms with Gasteiger partial charge in [-0.15, -0.1) is 11.8 Å². The number of urea groups is 1. The van der Waals surface area contributed by atoms with Gasteiger partial charge >= 0.3 is 6.03 Å². The van der Waals surface area contributed by atoms with Crippen molar-refractivity contribution in [3.05, 3.63) is 53.0 Å². The largest absolute Gasteiger partial charge is 0.326 e. The van der Waals surface area contributed by atoms with E-state index in [2.05, 4.69) is 34.2 Å². The number of fused-ring (bicyclic) bond motifs is 1. The van der Waals surface area contributed by atoms with Crippen LogP contribution in [0.5, 0.6) is 0 Å². The number of halogens is 1. The first-order chi connectivity index (χ1) is 10.1. The van der Waals surface area contributed by atoms with Crippen molar-refractivity contribution in [3.8, 4) is 0 Å². The Labute approximate surface area is 136 Å². The number of hydrogen-bond acceptors (Lipinski definition) is 2. The second-order valence-corrected chi connectivity index (χ2v) is 7.34. The van der Waals surface area contributed by atoms with Crippen molar-refractivity contribution in [1.29, 1.82) is 0 Å². The number of carbonyl (C=O) groups excluding carboxylic acids is 1. The van der Waals surface area contributed by atoms with Gasteiger partial charge in [-0.05, 0) is 30.3 Å². The highest BCUT2D eigenvalue weighted by Gasteiger charge is 2.26. The van der Waals surface area contributed by atoms with Crippen molar-refractivity contribution in [2.45, 2.75) is 17.1 Å². The molecule has 2 aromatic carbocycles. The minimum Gasteiger partial charge on any atom is -0.308 e. The highest BCUT2D eigenvalue weighted by atomic mass is 79.9. The SMILES string of the molecule is C[C@@H]1CN(C(=O)Nc2cccc(Br)c2)c2ccccc2S1. The van der Waals surface area contributed by atoms with Gasteiger partial charge in [0, 0.05) is 26.9 Å². The maximum absolute atomic E-state index is 12.6. The second kappa shape index (κ2) is 6.12. The van der Waals surface area contributed by atoms with Crippen molar-refractivity contribution in [3.63, 3.8) is 0 Å². The van der Waals surface area contributed by atoms with E-state index >= 15 is 0 Å². The van der Waals surface area contributed by atoms with Crippen LogP contribution in [0.3, 0.4) is 0 Å². The summed E-state index contributed by atoms with van der Waals surface area (Å²) in [6.45, 7) is 2.85. The molecule has 2 amide bonds. The number of nitrogens with zero attached hydrogens (tertiary/aromatic N) is 1. The maximum Gasteiger partial charge on any atom is 0.326 e. The molecule has 1 atom stereocenters. The number of carbonyl (C=O) groups is 1. The van der Waals surface area contributed by atoms with E-state index in [-0.39, 0.29) is 6.03 Å². The van der Waals surface area contributed by atoms with Crippen LogP contribution in [0.15, 0.2) is 57.9 Å². The molecule has 1 heterocycles. The number of hydrogen-bond donors (Lipinski definition) is 1. The smallest absolute Gasteiger partial charge is 0.308 e. The minimum absolute atomic E-state index is 0.0901. The fraction of sp³-hybridized carbons (Fsp3) is 0.188. The van der Waals surface area contributed by atoms with Gasteiger partial charge in [-0.3, -0.25) is 4.90 Å². The lowest BCUT2D eigenvalue weighted by atomic mass is 10.2. The summed E-state index contributed by atoms with van der Waals surface area (Å²) in [6.07, 6.45) is 0. The molecule has 3 nitrogen and oxygen atoms in total. The Hall–Kier alpha value is -1.46. The van der Waals surface area contributed by atoms with E-state index in [9.17, 15) is 4.79 Å². The van der Waals surface area contributed by atoms with Crippen molar-refractivity contribution >= 4 is 45.1 Å². The molecule has 1 N–H and O–H groups in total. The van der Waals surface area contributed by atoms with Crippen LogP contribution in [0.2, 0.25) is 0 Å². The van der Waals surface area contributed by atoms with Crippen LogP contribution in [0.25, 0.3) is 0 Å². The molecule has 5 heteroatoms. The molecule has 2 aromatic rings. The molecule has 3 rings (SSSR count). The molecule has 0 aliphatic carbocycles. The van der Waals surface area contributed by atoms with Crippen molar-refractivity contribution < 1.29 is 4.79 Å². The fourth-order valence-corrected chi connectivity index (χ4v) is 3.85. The number of amides is 2. The van der Waals surface area contributed by atoms with Crippen LogP contribution in [0.1, 0.15) is 6.92 Å². The number of benzene rings is 2. The molecule has 0 saturated heterocycles. The van der Waals surface area contributed by atoms with Crippen molar-refractivity contribution in [2.24, 2.45) is 0 Å². The lowest BCUT2D eigenvalue weighted by Gasteiger charge is -2.32. The van der Waals surface area contributed by atoms with Gasteiger partial charge in [0.2, 0.25) is 0 Å². The maximum atomic E-state index is 12.6. The Kier molecular flexibility index (Phi) is 4.22. The number of para-hydroxylation sites is 1. The highest BCUT2D eigenvalue weighted by molar-refractivity contribution is 9.10. The van der Waals surface area contributed by atoms with Crippen LogP contribution >= 0.6 is 27.7 Å². The number of rotatable bonds is 1. The molecular weight excluding hydrogens is 348 g/mol. The summed E-state index contributed by atoms with van der Waals surface area (Å²) in [4.78, 5) is 15.5. The van der Waals surface area contributed by atoms with Gasteiger partial charge in [0.1, 0.15) is 0 Å². The Morgan fingerprint density at radius 2 is 2.10 bits per heavy atom. The lowest BCUT2D eigenvalue weighted by Crippen LogP contribution is -2.41. The topological polar surface area (TPSA) is 32.3 Å². The summed E-state index contributed by atoms with van der Waals surface area (Å²) in [7, 11) is 0. The molecule has 0 unspecified atom stereocenters. The van der Waals surface area contributed by atoms with Gasteiger partial charge < -0.3 is 5.32 Å². The number of thioether (sulfide) groups is 1. The van der Waals surface area contributed by atoms with E-state index in [1.807, 2.05) is 59.1 Å². The van der Waals surface area contributed by atoms with Gasteiger partial charge in [-0.25, -0.2) is 4.79 Å². The third-order valence-corrected chi connectivity index (χ3v) is 4.89. The molecule has 1 aliphatic rings. The zero-order valence-electron chi connectivity index (χ0n) is 11.5. The van der Waals surface area contributed by atoms with Gasteiger partial charge in [-0.2, -0.15) is 0 Å². The van der Waals surface area contributed by atoms with Gasteiger partial charge in [0.05, 0.1) is 5.69 Å². The summed E-state index contributed by atoms with van der Waals surface area (Å²) < 4.78 is 0.947. The van der Waals surface area contributed by atoms with Crippen LogP contribution in [-0.4, -0.2) is 17.8 Å². The quantitative estimate of drug-likeness (QED) is 0.775. The third kappa shape index (κ3) is 3.24. The first-order valence-electron chi connectivity index (χ1n) is 6.73. The van der Waals surface area contributed by atoms with Gasteiger partial charge in [0.15, 0.2) is 0 Å². The fourth-order valence-electron chi connectivity index (χ4n) is 2.34. The molecule has 1 aliphatic heterocycles. The predicted molar refractivity (Wildman–Crippen MR) is 92.3 cm³/mol. The monoisotopic (exact) mass is 362 g/mol. The minimum atomic E-state index is -0.0901. The second-order valence-electron chi connectivity index (χ2n) is 4.95. The zero-order valence-corrected chi connectivity index (χ0v) is 13.9. The molecule has 0 aromatic heterocycles. The summed E-state index contributed by atoms with van der Waals surface area (Å²) in [5.41, 5.74) is 1.77. The Balaban J connectivity index is 1.85. The standard InChI is InChI=1S/C16H15BrN2OS/c1-11-10-19(14-7-2-3-8-15(14)21-11)16(20)18-13-6-4-5-12(17)9-13/h2-9,11H,10H2,1H3,(H,18,20)/t11-/m1/s1. The molecule has 0 spiro atoms. The first kappa shape index (κ1) is 14.5. The van der Waals surface area contributed by atoms with Gasteiger partial charge in [-0.1, -0.05) is 41.1 Å². The normalized spacial score (nSPS) is 17.2. The van der Waals surface area contributed by atoms with E-state index in [1.54, 1.807) is 0 Å². The van der Waals surface area contributed by atoms with Crippen LogP contribution < -0.4 is 10.2 Å². The molecule has 0 radical (unpaired) electrons. The van der Waals surface area contributed by atoms with E-state index in [0.717, 1.165) is 20.7 Å². The molecule has 0 saturated carbocycles. The summed E-state index contributed by atoms with van der Waals surface area (Å²) >= 11 is 5.23. The Morgan fingerprint density at radius 3 is 2.90 bits per heavy atom. The highest BCUT2D eigenvalue weighted by Crippen LogP contribution is 2.38. The molecule has 0 fully saturated rings. The van der Waals surface area contributed by atoms with Gasteiger partial charge in [0.25, 0.3) is 0 Å². The van der Waals surface area contributed by atoms with E-state index < -0.39 is 0 Å². The first-order valence-corrected chi connectivity index (χ1v) is 8.40. The average molecular weight is 363 g/mol. The Morgan fingerprint density at radius 1 is 1.29 bits per heavy atom. The molecule has 21 heavy (non-hydrogen) atoms. The summed E-state index contributed by atoms with van der Waals surface area (Å²) in [5.74, 6) is 0. The number of anilines is 2. The zero-order chi connectivity index (χ0) is 14.8. The van der Waals surface area contributed by atoms with Crippen LogP contribution in [0.4, 0.5) is 16.2 Å². The van der Waals surface area contributed by atoms with Crippen molar-refractivity contribution in [2.75, 3.05) is 16.8 Å². The molecule has 108 valence electrons. The third-order valence-electron chi connectivity index (χ3n) is 3.24.